The third kappa shape index (κ3) is 2.57. The molecule has 3 nitrogen and oxygen atoms in total. The molecule has 0 aliphatic rings. The summed E-state index contributed by atoms with van der Waals surface area (Å²) in [5.41, 5.74) is 3.64. The predicted molar refractivity (Wildman–Crippen MR) is 58.0 cm³/mol. The summed E-state index contributed by atoms with van der Waals surface area (Å²) in [5, 5.41) is 3.84. The molecular weight excluding hydrogens is 212 g/mol. The van der Waals surface area contributed by atoms with Gasteiger partial charge in [0.05, 0.1) is 0 Å². The summed E-state index contributed by atoms with van der Waals surface area (Å²) in [5.74, 6) is 0.616. The van der Waals surface area contributed by atoms with Gasteiger partial charge in [-0.3, -0.25) is 0 Å². The van der Waals surface area contributed by atoms with Gasteiger partial charge in [-0.25, -0.2) is 0 Å². The van der Waals surface area contributed by atoms with Crippen molar-refractivity contribution < 1.29 is 4.52 Å². The number of aryl methyl sites for hydroxylation is 2. The van der Waals surface area contributed by atoms with Crippen LogP contribution in [0.15, 0.2) is 22.7 Å². The van der Waals surface area contributed by atoms with Gasteiger partial charge in [-0.05, 0) is 31.0 Å². The van der Waals surface area contributed by atoms with Crippen molar-refractivity contribution in [2.24, 2.45) is 0 Å². The minimum Gasteiger partial charge on any atom is -0.321 e. The van der Waals surface area contributed by atoms with Crippen LogP contribution in [0, 0.1) is 13.8 Å². The molecular formula is C11H11ClN2O. The van der Waals surface area contributed by atoms with Crippen molar-refractivity contribution in [3.8, 4) is 0 Å². The maximum absolute atomic E-state index is 5.55. The van der Waals surface area contributed by atoms with Gasteiger partial charge in [0, 0.05) is 6.42 Å². The van der Waals surface area contributed by atoms with Crippen LogP contribution in [0.2, 0.25) is 5.35 Å². The molecule has 1 aromatic heterocycles. The maximum Gasteiger partial charge on any atom is 0.320 e. The van der Waals surface area contributed by atoms with Gasteiger partial charge in [-0.2, -0.15) is 4.98 Å². The highest BCUT2D eigenvalue weighted by atomic mass is 35.5. The summed E-state index contributed by atoms with van der Waals surface area (Å²) in [4.78, 5) is 3.95. The lowest BCUT2D eigenvalue weighted by Gasteiger charge is -2.01. The second-order valence-electron chi connectivity index (χ2n) is 3.64. The lowest BCUT2D eigenvalue weighted by Crippen LogP contribution is -1.92. The Hall–Kier alpha value is -1.35. The van der Waals surface area contributed by atoms with E-state index in [9.17, 15) is 0 Å². The minimum absolute atomic E-state index is 0.0920. The first kappa shape index (κ1) is 10.2. The van der Waals surface area contributed by atoms with Crippen LogP contribution in [-0.4, -0.2) is 10.1 Å². The van der Waals surface area contributed by atoms with E-state index in [0.717, 1.165) is 0 Å². The SMILES string of the molecule is Cc1cc(C)cc(Cc2noc(Cl)n2)c1. The molecule has 0 atom stereocenters. The molecule has 0 fully saturated rings. The van der Waals surface area contributed by atoms with Crippen LogP contribution in [-0.2, 0) is 6.42 Å². The second kappa shape index (κ2) is 4.03. The van der Waals surface area contributed by atoms with Crippen molar-refractivity contribution in [2.45, 2.75) is 20.3 Å². The Kier molecular flexibility index (Phi) is 2.73. The van der Waals surface area contributed by atoms with Crippen molar-refractivity contribution in [1.82, 2.24) is 10.1 Å². The smallest absolute Gasteiger partial charge is 0.320 e. The third-order valence-corrected chi connectivity index (χ3v) is 2.24. The van der Waals surface area contributed by atoms with Crippen LogP contribution in [0.25, 0.3) is 0 Å². The monoisotopic (exact) mass is 222 g/mol. The molecule has 1 aromatic carbocycles. The van der Waals surface area contributed by atoms with E-state index in [-0.39, 0.29) is 5.35 Å². The van der Waals surface area contributed by atoms with Gasteiger partial charge in [0.25, 0.3) is 0 Å². The summed E-state index contributed by atoms with van der Waals surface area (Å²) in [7, 11) is 0. The predicted octanol–water partition coefficient (Wildman–Crippen LogP) is 2.93. The highest BCUT2D eigenvalue weighted by Crippen LogP contribution is 2.13. The molecule has 2 rings (SSSR count). The maximum atomic E-state index is 5.55. The minimum atomic E-state index is 0.0920. The van der Waals surface area contributed by atoms with Crippen molar-refractivity contribution in [3.63, 3.8) is 0 Å². The fourth-order valence-electron chi connectivity index (χ4n) is 1.66. The summed E-state index contributed by atoms with van der Waals surface area (Å²) >= 11 is 5.55. The molecule has 4 heteroatoms. The second-order valence-corrected chi connectivity index (χ2v) is 3.96. The van der Waals surface area contributed by atoms with Crippen molar-refractivity contribution in [1.29, 1.82) is 0 Å². The number of halogens is 1. The molecule has 1 heterocycles. The molecule has 0 aliphatic heterocycles. The van der Waals surface area contributed by atoms with Crippen LogP contribution in [0.1, 0.15) is 22.5 Å². The molecule has 15 heavy (non-hydrogen) atoms. The van der Waals surface area contributed by atoms with E-state index in [1.807, 2.05) is 0 Å². The number of hydrogen-bond acceptors (Lipinski definition) is 3. The fraction of sp³-hybridized carbons (Fsp3) is 0.273. The van der Waals surface area contributed by atoms with E-state index in [2.05, 4.69) is 42.2 Å². The molecule has 0 spiro atoms. The van der Waals surface area contributed by atoms with Crippen LogP contribution in [0.5, 0.6) is 0 Å². The third-order valence-electron chi connectivity index (χ3n) is 2.09. The Morgan fingerprint density at radius 3 is 2.40 bits per heavy atom. The average molecular weight is 223 g/mol. The van der Waals surface area contributed by atoms with E-state index in [4.69, 9.17) is 16.1 Å². The number of rotatable bonds is 2. The number of hydrogen-bond donors (Lipinski definition) is 0. The van der Waals surface area contributed by atoms with Crippen molar-refractivity contribution in [3.05, 3.63) is 46.1 Å². The zero-order valence-electron chi connectivity index (χ0n) is 8.62. The van der Waals surface area contributed by atoms with Crippen molar-refractivity contribution in [2.75, 3.05) is 0 Å². The molecule has 2 aromatic rings. The molecule has 0 saturated carbocycles. The molecule has 0 N–H and O–H groups in total. The van der Waals surface area contributed by atoms with Gasteiger partial charge in [0.15, 0.2) is 5.82 Å². The van der Waals surface area contributed by atoms with E-state index in [0.29, 0.717) is 12.2 Å². The first-order valence-corrected chi connectivity index (χ1v) is 5.06. The van der Waals surface area contributed by atoms with Crippen LogP contribution in [0.3, 0.4) is 0 Å². The quantitative estimate of drug-likeness (QED) is 0.784. The largest absolute Gasteiger partial charge is 0.321 e. The number of benzene rings is 1. The van der Waals surface area contributed by atoms with Crippen LogP contribution < -0.4 is 0 Å². The summed E-state index contributed by atoms with van der Waals surface area (Å²) in [6.45, 7) is 4.14. The highest BCUT2D eigenvalue weighted by Gasteiger charge is 2.05. The molecule has 0 unspecified atom stereocenters. The molecule has 0 radical (unpaired) electrons. The first-order valence-electron chi connectivity index (χ1n) is 4.69. The zero-order valence-corrected chi connectivity index (χ0v) is 9.38. The van der Waals surface area contributed by atoms with Gasteiger partial charge in [-0.15, -0.1) is 0 Å². The lowest BCUT2D eigenvalue weighted by atomic mass is 10.1. The molecule has 78 valence electrons. The van der Waals surface area contributed by atoms with E-state index < -0.39 is 0 Å². The Balaban J connectivity index is 2.24. The summed E-state index contributed by atoms with van der Waals surface area (Å²) in [6, 6.07) is 6.35. The van der Waals surface area contributed by atoms with Crippen LogP contribution in [0.4, 0.5) is 0 Å². The van der Waals surface area contributed by atoms with E-state index in [1.165, 1.54) is 16.7 Å². The van der Waals surface area contributed by atoms with Gasteiger partial charge in [-0.1, -0.05) is 34.5 Å². The Bertz CT molecular complexity index is 459. The summed E-state index contributed by atoms with van der Waals surface area (Å²) in [6.07, 6.45) is 0.652. The highest BCUT2D eigenvalue weighted by molar-refractivity contribution is 6.27. The molecule has 0 saturated heterocycles. The topological polar surface area (TPSA) is 38.9 Å². The normalized spacial score (nSPS) is 10.6. The lowest BCUT2D eigenvalue weighted by molar-refractivity contribution is 0.413. The number of nitrogens with zero attached hydrogens (tertiary/aromatic N) is 2. The van der Waals surface area contributed by atoms with Gasteiger partial charge >= 0.3 is 5.35 Å². The summed E-state index contributed by atoms with van der Waals surface area (Å²) < 4.78 is 4.70. The van der Waals surface area contributed by atoms with Gasteiger partial charge in [0.1, 0.15) is 0 Å². The number of aromatic nitrogens is 2. The van der Waals surface area contributed by atoms with Gasteiger partial charge < -0.3 is 4.52 Å². The fourth-order valence-corrected chi connectivity index (χ4v) is 1.79. The zero-order chi connectivity index (χ0) is 10.8. The Morgan fingerprint density at radius 1 is 1.20 bits per heavy atom. The Morgan fingerprint density at radius 2 is 1.87 bits per heavy atom. The Labute approximate surface area is 93.1 Å². The van der Waals surface area contributed by atoms with Gasteiger partial charge in [0.2, 0.25) is 0 Å². The average Bonchev–Trinajstić information content (AvgIpc) is 2.49. The van der Waals surface area contributed by atoms with Crippen LogP contribution >= 0.6 is 11.6 Å². The molecule has 0 aliphatic carbocycles. The standard InChI is InChI=1S/C11H11ClN2O/c1-7-3-8(2)5-9(4-7)6-10-13-11(12)15-14-10/h3-5H,6H2,1-2H3. The first-order chi connectivity index (χ1) is 7.13. The van der Waals surface area contributed by atoms with E-state index in [1.54, 1.807) is 0 Å². The van der Waals surface area contributed by atoms with Crippen molar-refractivity contribution >= 4 is 11.6 Å². The molecule has 0 bridgehead atoms. The van der Waals surface area contributed by atoms with E-state index >= 15 is 0 Å². The molecule has 0 amide bonds.